The van der Waals surface area contributed by atoms with Crippen molar-refractivity contribution in [1.29, 1.82) is 0 Å². The van der Waals surface area contributed by atoms with Crippen molar-refractivity contribution in [3.05, 3.63) is 56.6 Å². The molecule has 0 aliphatic carbocycles. The maximum absolute atomic E-state index is 12.4. The molecule has 22 heteroatoms. The Bertz CT molecular complexity index is 1940. The van der Waals surface area contributed by atoms with E-state index < -0.39 is 52.4 Å². The van der Waals surface area contributed by atoms with Crippen molar-refractivity contribution in [2.75, 3.05) is 19.2 Å². The molecule has 0 atom stereocenters. The van der Waals surface area contributed by atoms with Crippen LogP contribution in [0.5, 0.6) is 11.5 Å². The Kier molecular flexibility index (Phi) is 25.8. The smallest absolute Gasteiger partial charge is 1.00 e. The monoisotopic (exact) mass is 878 g/mol. The van der Waals surface area contributed by atoms with Gasteiger partial charge in [-0.25, -0.2) is 29.5 Å². The number of H-pyrrole nitrogens is 1. The van der Waals surface area contributed by atoms with Crippen LogP contribution in [-0.2, 0) is 35.8 Å². The molecular formula is C29H33IK2N6O13. The number of carbonyl (C=O) groups is 5. The SMILES string of the molecule is CI.COC(=O)c1c(OC(=O)C(C)C)c2nccnc2[nH]c1=O.COC(=O)c1c(OC(=O)C(C)C)c2nccnc2n(C)c1=O.O=CO[O-].[H-].[K+].[K+]. The Balaban J connectivity index is -0.000000764. The molecule has 0 aliphatic rings. The third kappa shape index (κ3) is 14.0. The van der Waals surface area contributed by atoms with Gasteiger partial charge in [0.1, 0.15) is 11.0 Å². The maximum atomic E-state index is 12.4. The molecule has 0 fully saturated rings. The van der Waals surface area contributed by atoms with Crippen LogP contribution in [0.2, 0.25) is 0 Å². The first-order valence-corrected chi connectivity index (χ1v) is 15.8. The van der Waals surface area contributed by atoms with Crippen LogP contribution in [0.15, 0.2) is 34.4 Å². The van der Waals surface area contributed by atoms with Crippen molar-refractivity contribution in [2.24, 2.45) is 18.9 Å². The predicted octanol–water partition coefficient (Wildman–Crippen LogP) is -5.05. The number of nitrogens with zero attached hydrogens (tertiary/aromatic N) is 5. The van der Waals surface area contributed by atoms with E-state index in [0.29, 0.717) is 0 Å². The molecule has 0 saturated carbocycles. The van der Waals surface area contributed by atoms with Gasteiger partial charge in [0.25, 0.3) is 17.6 Å². The summed E-state index contributed by atoms with van der Waals surface area (Å²) in [6.45, 7) is 6.34. The Morgan fingerprint density at radius 3 is 1.67 bits per heavy atom. The summed E-state index contributed by atoms with van der Waals surface area (Å²) in [7, 11) is 3.70. The molecule has 0 aliphatic heterocycles. The quantitative estimate of drug-likeness (QED) is 0.0347. The third-order valence-corrected chi connectivity index (χ3v) is 5.72. The molecule has 4 aromatic heterocycles. The van der Waals surface area contributed by atoms with Crippen LogP contribution in [0, 0.1) is 11.8 Å². The standard InChI is InChI=1S/C14H15N3O5.C13H13N3O5.CH3I.CH2O3.2K.H/c1-7(2)13(19)22-10-8(14(20)21-4)12(18)17(3)11-9(10)15-5-6-16-11;1-6(2)12(18)21-9-7(13(19)20-3)11(17)16-10-8(9)14-4-5-15-10;1-2;2-1-4-3;;;/h5-7H,1-4H3;4-6H,1-3H3,(H,15,16,17);1H3;1,3H;;;/q;;;;2*+1;-1/p-1. The van der Waals surface area contributed by atoms with E-state index in [9.17, 15) is 28.8 Å². The molecule has 1 N–H and O–H groups in total. The average molecular weight is 879 g/mol. The van der Waals surface area contributed by atoms with Gasteiger partial charge in [-0.2, -0.15) is 0 Å². The van der Waals surface area contributed by atoms with Gasteiger partial charge in [0.05, 0.1) is 26.1 Å². The van der Waals surface area contributed by atoms with Crippen molar-refractivity contribution in [2.45, 2.75) is 27.7 Å². The van der Waals surface area contributed by atoms with Crippen LogP contribution in [0.25, 0.3) is 22.3 Å². The van der Waals surface area contributed by atoms with Crippen LogP contribution in [0.3, 0.4) is 0 Å². The Morgan fingerprint density at radius 1 is 0.804 bits per heavy atom. The number of fused-ring (bicyclic) bond motifs is 2. The molecule has 0 unspecified atom stereocenters. The summed E-state index contributed by atoms with van der Waals surface area (Å²) < 4.78 is 20.7. The van der Waals surface area contributed by atoms with Crippen molar-refractivity contribution in [3.8, 4) is 11.5 Å². The Morgan fingerprint density at radius 2 is 1.22 bits per heavy atom. The number of pyridine rings is 2. The molecule has 0 radical (unpaired) electrons. The minimum atomic E-state index is -0.921. The fraction of sp³-hybridized carbons (Fsp3) is 0.345. The Labute approximate surface area is 390 Å². The van der Waals surface area contributed by atoms with Crippen molar-refractivity contribution in [3.63, 3.8) is 0 Å². The summed E-state index contributed by atoms with van der Waals surface area (Å²) in [5.74, 6) is -4.37. The second-order valence-electron chi connectivity index (χ2n) is 9.54. The third-order valence-electron chi connectivity index (χ3n) is 5.72. The predicted molar refractivity (Wildman–Crippen MR) is 177 cm³/mol. The summed E-state index contributed by atoms with van der Waals surface area (Å²) in [5.41, 5.74) is -1.68. The van der Waals surface area contributed by atoms with Gasteiger partial charge < -0.3 is 35.5 Å². The van der Waals surface area contributed by atoms with E-state index in [4.69, 9.17) is 19.5 Å². The molecule has 19 nitrogen and oxygen atoms in total. The topological polar surface area (TPSA) is 261 Å². The van der Waals surface area contributed by atoms with E-state index in [2.05, 4.69) is 61.9 Å². The second-order valence-corrected chi connectivity index (χ2v) is 9.54. The van der Waals surface area contributed by atoms with Gasteiger partial charge in [0.15, 0.2) is 33.9 Å². The molecule has 4 rings (SSSR count). The normalized spacial score (nSPS) is 9.57. The number of aromatic amines is 1. The summed E-state index contributed by atoms with van der Waals surface area (Å²) in [5, 5.41) is 8.43. The number of alkyl halides is 1. The van der Waals surface area contributed by atoms with Gasteiger partial charge in [-0.1, -0.05) is 50.3 Å². The molecule has 266 valence electrons. The van der Waals surface area contributed by atoms with Crippen molar-refractivity contribution in [1.82, 2.24) is 29.5 Å². The largest absolute Gasteiger partial charge is 1.00 e. The number of rotatable bonds is 7. The van der Waals surface area contributed by atoms with E-state index in [1.165, 1.54) is 31.8 Å². The fourth-order valence-electron chi connectivity index (χ4n) is 3.41. The number of carbonyl (C=O) groups excluding carboxylic acids is 5. The van der Waals surface area contributed by atoms with Gasteiger partial charge in [0, 0.05) is 31.8 Å². The van der Waals surface area contributed by atoms with E-state index >= 15 is 0 Å². The maximum Gasteiger partial charge on any atom is 1.00 e. The Hall–Kier alpha value is -2.11. The number of halogens is 1. The van der Waals surface area contributed by atoms with Gasteiger partial charge in [-0.15, -0.1) is 0 Å². The molecule has 0 aromatic carbocycles. The zero-order valence-corrected chi connectivity index (χ0v) is 37.9. The van der Waals surface area contributed by atoms with Crippen LogP contribution >= 0.6 is 22.6 Å². The minimum Gasteiger partial charge on any atom is -1.00 e. The van der Waals surface area contributed by atoms with Crippen LogP contribution in [-0.4, -0.2) is 79.0 Å². The number of ether oxygens (including phenoxy) is 4. The summed E-state index contributed by atoms with van der Waals surface area (Å²) in [6, 6.07) is 0. The van der Waals surface area contributed by atoms with Crippen LogP contribution < -0.4 is 129 Å². The van der Waals surface area contributed by atoms with Crippen LogP contribution in [0.1, 0.15) is 49.8 Å². The zero-order chi connectivity index (χ0) is 37.4. The first kappa shape index (κ1) is 51.0. The summed E-state index contributed by atoms with van der Waals surface area (Å²) in [4.78, 5) is 103. The number of nitrogens with one attached hydrogen (secondary N) is 1. The van der Waals surface area contributed by atoms with Gasteiger partial charge in [0.2, 0.25) is 0 Å². The molecule has 4 aromatic rings. The molecule has 0 amide bonds. The summed E-state index contributed by atoms with van der Waals surface area (Å²) in [6.07, 6.45) is 5.49. The van der Waals surface area contributed by atoms with Crippen LogP contribution in [0.4, 0.5) is 0 Å². The molecule has 0 saturated heterocycles. The van der Waals surface area contributed by atoms with E-state index in [1.807, 2.05) is 4.93 Å². The van der Waals surface area contributed by atoms with Crippen molar-refractivity contribution >= 4 is 75.3 Å². The number of hydrogen-bond donors (Lipinski definition) is 1. The number of aromatic nitrogens is 6. The van der Waals surface area contributed by atoms with Crippen molar-refractivity contribution < 1.29 is 157 Å². The van der Waals surface area contributed by atoms with E-state index in [0.717, 1.165) is 18.8 Å². The molecular weight excluding hydrogens is 845 g/mol. The number of hydrogen-bond acceptors (Lipinski definition) is 17. The van der Waals surface area contributed by atoms with E-state index in [-0.39, 0.29) is 150 Å². The summed E-state index contributed by atoms with van der Waals surface area (Å²) >= 11 is 2.15. The molecule has 4 heterocycles. The van der Waals surface area contributed by atoms with Gasteiger partial charge in [-0.3, -0.25) is 28.5 Å². The number of aryl methyl sites for hydroxylation is 1. The number of esters is 4. The molecule has 0 spiro atoms. The number of methoxy groups -OCH3 is 2. The van der Waals surface area contributed by atoms with Gasteiger partial charge in [-0.05, 0) is 4.93 Å². The second kappa shape index (κ2) is 25.8. The fourth-order valence-corrected chi connectivity index (χ4v) is 3.41. The average Bonchev–Trinajstić information content (AvgIpc) is 3.11. The molecule has 51 heavy (non-hydrogen) atoms. The first-order chi connectivity index (χ1) is 23.2. The van der Waals surface area contributed by atoms with E-state index in [1.54, 1.807) is 27.7 Å². The zero-order valence-electron chi connectivity index (χ0n) is 30.5. The molecule has 0 bridgehead atoms. The minimum absolute atomic E-state index is 0. The van der Waals surface area contributed by atoms with Gasteiger partial charge >= 0.3 is 127 Å². The first-order valence-electron chi connectivity index (χ1n) is 13.7.